The molecule has 0 aromatic heterocycles. The lowest BCUT2D eigenvalue weighted by molar-refractivity contribution is 0.0697. The van der Waals surface area contributed by atoms with Crippen LogP contribution in [0.5, 0.6) is 0 Å². The van der Waals surface area contributed by atoms with Gasteiger partial charge in [-0.15, -0.1) is 0 Å². The molecule has 1 rings (SSSR count). The van der Waals surface area contributed by atoms with Crippen molar-refractivity contribution in [3.8, 4) is 0 Å². The van der Waals surface area contributed by atoms with Crippen LogP contribution < -0.4 is 5.32 Å². The van der Waals surface area contributed by atoms with E-state index in [1.807, 2.05) is 6.07 Å². The number of aromatic carboxylic acids is 1. The Kier molecular flexibility index (Phi) is 6.36. The van der Waals surface area contributed by atoms with E-state index in [2.05, 4.69) is 35.1 Å². The van der Waals surface area contributed by atoms with Crippen LogP contribution in [0.25, 0.3) is 0 Å². The van der Waals surface area contributed by atoms with Gasteiger partial charge in [0, 0.05) is 11.0 Å². The molecule has 4 heteroatoms. The van der Waals surface area contributed by atoms with Crippen molar-refractivity contribution in [3.63, 3.8) is 0 Å². The summed E-state index contributed by atoms with van der Waals surface area (Å²) in [5.74, 6) is -0.186. The van der Waals surface area contributed by atoms with E-state index in [4.69, 9.17) is 5.11 Å². The van der Waals surface area contributed by atoms with Crippen LogP contribution in [0.1, 0.15) is 42.6 Å². The van der Waals surface area contributed by atoms with Gasteiger partial charge < -0.3 is 10.4 Å². The summed E-state index contributed by atoms with van der Waals surface area (Å²) in [5, 5.41) is 12.3. The van der Waals surface area contributed by atoms with E-state index in [1.165, 1.54) is 12.8 Å². The van der Waals surface area contributed by atoms with Crippen LogP contribution in [-0.2, 0) is 6.54 Å². The highest BCUT2D eigenvalue weighted by atomic mass is 79.9. The summed E-state index contributed by atoms with van der Waals surface area (Å²) < 4.78 is 0.847. The van der Waals surface area contributed by atoms with Crippen LogP contribution in [0.15, 0.2) is 22.7 Å². The third-order valence-corrected chi connectivity index (χ3v) is 3.94. The van der Waals surface area contributed by atoms with E-state index < -0.39 is 5.97 Å². The molecule has 0 fully saturated rings. The van der Waals surface area contributed by atoms with Gasteiger partial charge in [0.15, 0.2) is 0 Å². The molecule has 0 atom stereocenters. The number of halogens is 1. The molecule has 0 heterocycles. The van der Waals surface area contributed by atoms with E-state index >= 15 is 0 Å². The SMILES string of the molecule is CCC(CC)CNCc1ccc(C(=O)O)cc1Br. The van der Waals surface area contributed by atoms with Gasteiger partial charge in [0.05, 0.1) is 5.56 Å². The van der Waals surface area contributed by atoms with Crippen molar-refractivity contribution < 1.29 is 9.90 Å². The first-order chi connectivity index (χ1) is 8.58. The normalized spacial score (nSPS) is 10.9. The van der Waals surface area contributed by atoms with Crippen molar-refractivity contribution in [2.75, 3.05) is 6.54 Å². The van der Waals surface area contributed by atoms with E-state index in [1.54, 1.807) is 12.1 Å². The molecule has 18 heavy (non-hydrogen) atoms. The lowest BCUT2D eigenvalue weighted by Gasteiger charge is -2.14. The van der Waals surface area contributed by atoms with Crippen molar-refractivity contribution in [1.82, 2.24) is 5.32 Å². The minimum absolute atomic E-state index is 0.311. The van der Waals surface area contributed by atoms with Gasteiger partial charge in [-0.2, -0.15) is 0 Å². The molecule has 0 aliphatic heterocycles. The Bertz CT molecular complexity index is 403. The van der Waals surface area contributed by atoms with Crippen molar-refractivity contribution >= 4 is 21.9 Å². The molecule has 0 bridgehead atoms. The second-order valence-corrected chi connectivity index (χ2v) is 5.28. The smallest absolute Gasteiger partial charge is 0.335 e. The molecule has 0 unspecified atom stereocenters. The van der Waals surface area contributed by atoms with Crippen LogP contribution >= 0.6 is 15.9 Å². The van der Waals surface area contributed by atoms with E-state index in [-0.39, 0.29) is 0 Å². The molecule has 0 saturated heterocycles. The quantitative estimate of drug-likeness (QED) is 0.807. The van der Waals surface area contributed by atoms with Gasteiger partial charge in [-0.25, -0.2) is 4.79 Å². The number of nitrogens with one attached hydrogen (secondary N) is 1. The fourth-order valence-electron chi connectivity index (χ4n) is 1.81. The maximum absolute atomic E-state index is 10.8. The zero-order valence-corrected chi connectivity index (χ0v) is 12.5. The zero-order valence-electron chi connectivity index (χ0n) is 10.9. The second-order valence-electron chi connectivity index (χ2n) is 4.42. The Morgan fingerprint density at radius 3 is 2.56 bits per heavy atom. The Morgan fingerprint density at radius 2 is 2.06 bits per heavy atom. The van der Waals surface area contributed by atoms with E-state index in [9.17, 15) is 4.79 Å². The number of hydrogen-bond acceptors (Lipinski definition) is 2. The first-order valence-corrected chi connectivity index (χ1v) is 7.10. The lowest BCUT2D eigenvalue weighted by Crippen LogP contribution is -2.21. The molecule has 0 aliphatic rings. The maximum atomic E-state index is 10.8. The van der Waals surface area contributed by atoms with Crippen LogP contribution in [-0.4, -0.2) is 17.6 Å². The summed E-state index contributed by atoms with van der Waals surface area (Å²) in [5.41, 5.74) is 1.40. The average Bonchev–Trinajstić information content (AvgIpc) is 2.36. The first kappa shape index (κ1) is 15.2. The molecular weight excluding hydrogens is 294 g/mol. The number of carboxylic acid groups (broad SMARTS) is 1. The van der Waals surface area contributed by atoms with Gasteiger partial charge >= 0.3 is 5.97 Å². The maximum Gasteiger partial charge on any atom is 0.335 e. The highest BCUT2D eigenvalue weighted by molar-refractivity contribution is 9.10. The van der Waals surface area contributed by atoms with Crippen molar-refractivity contribution in [2.24, 2.45) is 5.92 Å². The molecule has 0 amide bonds. The van der Waals surface area contributed by atoms with Crippen molar-refractivity contribution in [1.29, 1.82) is 0 Å². The number of benzene rings is 1. The number of carboxylic acids is 1. The topological polar surface area (TPSA) is 49.3 Å². The average molecular weight is 314 g/mol. The van der Waals surface area contributed by atoms with Gasteiger partial charge in [-0.1, -0.05) is 48.7 Å². The molecule has 3 nitrogen and oxygen atoms in total. The van der Waals surface area contributed by atoms with Crippen LogP contribution in [0, 0.1) is 5.92 Å². The minimum atomic E-state index is -0.896. The Hall–Kier alpha value is -0.870. The summed E-state index contributed by atoms with van der Waals surface area (Å²) in [6.07, 6.45) is 2.37. The fourth-order valence-corrected chi connectivity index (χ4v) is 2.33. The van der Waals surface area contributed by atoms with Gasteiger partial charge in [-0.05, 0) is 30.2 Å². The predicted molar refractivity (Wildman–Crippen MR) is 76.9 cm³/mol. The Balaban J connectivity index is 2.55. The van der Waals surface area contributed by atoms with Crippen molar-refractivity contribution in [3.05, 3.63) is 33.8 Å². The second kappa shape index (κ2) is 7.54. The van der Waals surface area contributed by atoms with Gasteiger partial charge in [0.25, 0.3) is 0 Å². The molecule has 1 aromatic carbocycles. The lowest BCUT2D eigenvalue weighted by atomic mass is 10.0. The Labute approximate surface area is 117 Å². The number of rotatable bonds is 7. The largest absolute Gasteiger partial charge is 0.478 e. The summed E-state index contributed by atoms with van der Waals surface area (Å²) in [6, 6.07) is 5.14. The van der Waals surface area contributed by atoms with Crippen LogP contribution in [0.3, 0.4) is 0 Å². The molecular formula is C14H20BrNO2. The minimum Gasteiger partial charge on any atom is -0.478 e. The van der Waals surface area contributed by atoms with Gasteiger partial charge in [0.2, 0.25) is 0 Å². The van der Waals surface area contributed by atoms with E-state index in [0.29, 0.717) is 11.5 Å². The monoisotopic (exact) mass is 313 g/mol. The van der Waals surface area contributed by atoms with Crippen molar-refractivity contribution in [2.45, 2.75) is 33.2 Å². The third kappa shape index (κ3) is 4.42. The summed E-state index contributed by atoms with van der Waals surface area (Å²) in [7, 11) is 0. The van der Waals surface area contributed by atoms with Crippen LogP contribution in [0.4, 0.5) is 0 Å². The first-order valence-electron chi connectivity index (χ1n) is 6.30. The van der Waals surface area contributed by atoms with E-state index in [0.717, 1.165) is 23.1 Å². The molecule has 100 valence electrons. The summed E-state index contributed by atoms with van der Waals surface area (Å²) in [4.78, 5) is 10.8. The molecule has 1 aromatic rings. The molecule has 2 N–H and O–H groups in total. The number of carbonyl (C=O) groups is 1. The molecule has 0 spiro atoms. The van der Waals surface area contributed by atoms with Gasteiger partial charge in [0.1, 0.15) is 0 Å². The highest BCUT2D eigenvalue weighted by Crippen LogP contribution is 2.19. The standard InChI is InChI=1S/C14H20BrNO2/c1-3-10(4-2)8-16-9-12-6-5-11(14(17)18)7-13(12)15/h5-7,10,16H,3-4,8-9H2,1-2H3,(H,17,18). The highest BCUT2D eigenvalue weighted by Gasteiger charge is 2.07. The van der Waals surface area contributed by atoms with Crippen LogP contribution in [0.2, 0.25) is 0 Å². The molecule has 0 saturated carbocycles. The molecule has 0 radical (unpaired) electrons. The zero-order chi connectivity index (χ0) is 13.5. The number of hydrogen-bond donors (Lipinski definition) is 2. The summed E-state index contributed by atoms with van der Waals surface area (Å²) >= 11 is 3.41. The Morgan fingerprint density at radius 1 is 1.39 bits per heavy atom. The predicted octanol–water partition coefficient (Wildman–Crippen LogP) is 3.67. The molecule has 0 aliphatic carbocycles. The van der Waals surface area contributed by atoms with Gasteiger partial charge in [-0.3, -0.25) is 0 Å². The fraction of sp³-hybridized carbons (Fsp3) is 0.500. The summed E-state index contributed by atoms with van der Waals surface area (Å²) in [6.45, 7) is 6.16. The third-order valence-electron chi connectivity index (χ3n) is 3.20.